The largest absolute Gasteiger partial charge is 0.547 e. The molecule has 10 nitrogen and oxygen atoms in total. The summed E-state index contributed by atoms with van der Waals surface area (Å²) in [7, 11) is 2.47. The van der Waals surface area contributed by atoms with Crippen LogP contribution in [-0.4, -0.2) is 69.1 Å². The van der Waals surface area contributed by atoms with E-state index in [0.717, 1.165) is 5.69 Å². The average molecular weight is 373 g/mol. The van der Waals surface area contributed by atoms with Gasteiger partial charge in [0.25, 0.3) is 0 Å². The molecule has 0 radical (unpaired) electrons. The monoisotopic (exact) mass is 373 g/mol. The van der Waals surface area contributed by atoms with Crippen LogP contribution in [0.4, 0.5) is 0 Å². The minimum Gasteiger partial charge on any atom is -0.534 e. The van der Waals surface area contributed by atoms with Crippen molar-refractivity contribution in [2.75, 3.05) is 14.1 Å². The van der Waals surface area contributed by atoms with Gasteiger partial charge < -0.3 is 25.0 Å². The zero-order valence-corrected chi connectivity index (χ0v) is 15.0. The summed E-state index contributed by atoms with van der Waals surface area (Å²) in [4.78, 5) is 25.5. The second-order valence-corrected chi connectivity index (χ2v) is 6.63. The molecule has 3 N–H and O–H groups in total. The van der Waals surface area contributed by atoms with Gasteiger partial charge in [0, 0.05) is 6.54 Å². The second kappa shape index (κ2) is 7.76. The average Bonchev–Trinajstić information content (AvgIpc) is 3.00. The maximum atomic E-state index is 12.3. The van der Waals surface area contributed by atoms with Crippen molar-refractivity contribution < 1.29 is 24.4 Å². The first-order valence-electron chi connectivity index (χ1n) is 8.36. The lowest BCUT2D eigenvalue weighted by Crippen LogP contribution is -2.53. The molecule has 1 atom stereocenters. The van der Waals surface area contributed by atoms with Crippen molar-refractivity contribution in [2.24, 2.45) is 0 Å². The summed E-state index contributed by atoms with van der Waals surface area (Å²) in [6.07, 6.45) is 1.94. The van der Waals surface area contributed by atoms with Gasteiger partial charge >= 0.3 is 13.1 Å². The molecule has 1 unspecified atom stereocenters. The van der Waals surface area contributed by atoms with Crippen molar-refractivity contribution in [2.45, 2.75) is 25.5 Å². The number of fused-ring (bicyclic) bond motifs is 1. The lowest BCUT2D eigenvalue weighted by Gasteiger charge is -2.28. The SMILES string of the molecule is CN(C)Cc1cn(CC(=O)NC2Cc3cccc(C(=O)O)c3OB2O)nn1. The number of nitrogens with zero attached hydrogens (tertiary/aromatic N) is 4. The summed E-state index contributed by atoms with van der Waals surface area (Å²) in [5, 5.41) is 30.0. The zero-order valence-electron chi connectivity index (χ0n) is 15.0. The fourth-order valence-corrected chi connectivity index (χ4v) is 2.93. The molecule has 2 heterocycles. The Bertz CT molecular complexity index is 855. The van der Waals surface area contributed by atoms with E-state index in [0.29, 0.717) is 12.1 Å². The van der Waals surface area contributed by atoms with Gasteiger partial charge in [-0.3, -0.25) is 4.79 Å². The van der Waals surface area contributed by atoms with Crippen LogP contribution in [0.3, 0.4) is 0 Å². The van der Waals surface area contributed by atoms with Crippen LogP contribution in [0.25, 0.3) is 0 Å². The molecule has 142 valence electrons. The Kier molecular flexibility index (Phi) is 5.42. The molecule has 0 saturated heterocycles. The van der Waals surface area contributed by atoms with E-state index >= 15 is 0 Å². The summed E-state index contributed by atoms with van der Waals surface area (Å²) < 4.78 is 6.77. The Labute approximate surface area is 155 Å². The van der Waals surface area contributed by atoms with Gasteiger partial charge in [0.2, 0.25) is 5.91 Å². The molecule has 1 aromatic carbocycles. The van der Waals surface area contributed by atoms with Gasteiger partial charge in [-0.25, -0.2) is 9.48 Å². The first-order chi connectivity index (χ1) is 12.8. The van der Waals surface area contributed by atoms with E-state index in [4.69, 9.17) is 4.65 Å². The molecular formula is C16H20BN5O5. The van der Waals surface area contributed by atoms with E-state index in [1.165, 1.54) is 10.7 Å². The van der Waals surface area contributed by atoms with E-state index in [1.807, 2.05) is 19.0 Å². The van der Waals surface area contributed by atoms with Crippen LogP contribution in [-0.2, 0) is 24.3 Å². The Hall–Kier alpha value is -2.92. The summed E-state index contributed by atoms with van der Waals surface area (Å²) in [6.45, 7) is 0.561. The highest BCUT2D eigenvalue weighted by atomic mass is 16.5. The number of carboxylic acid groups (broad SMARTS) is 1. The van der Waals surface area contributed by atoms with Crippen molar-refractivity contribution in [3.05, 3.63) is 41.2 Å². The van der Waals surface area contributed by atoms with Gasteiger partial charge in [-0.1, -0.05) is 17.3 Å². The lowest BCUT2D eigenvalue weighted by atomic mass is 9.72. The molecule has 1 aromatic heterocycles. The number of aromatic carboxylic acids is 1. The van der Waals surface area contributed by atoms with Crippen molar-refractivity contribution in [1.82, 2.24) is 25.2 Å². The quantitative estimate of drug-likeness (QED) is 0.560. The molecule has 0 aliphatic carbocycles. The molecular weight excluding hydrogens is 353 g/mol. The van der Waals surface area contributed by atoms with E-state index < -0.39 is 19.0 Å². The maximum absolute atomic E-state index is 12.3. The van der Waals surface area contributed by atoms with Crippen LogP contribution in [0.2, 0.25) is 0 Å². The Morgan fingerprint density at radius 2 is 2.22 bits per heavy atom. The van der Waals surface area contributed by atoms with Crippen LogP contribution in [0.15, 0.2) is 24.4 Å². The van der Waals surface area contributed by atoms with Crippen molar-refractivity contribution in [3.8, 4) is 5.75 Å². The minimum absolute atomic E-state index is 0.0210. The molecule has 0 bridgehead atoms. The number of hydrogen-bond donors (Lipinski definition) is 3. The first kappa shape index (κ1) is 18.9. The van der Waals surface area contributed by atoms with E-state index in [9.17, 15) is 19.7 Å². The van der Waals surface area contributed by atoms with Crippen molar-refractivity contribution in [1.29, 1.82) is 0 Å². The number of para-hydroxylation sites is 1. The van der Waals surface area contributed by atoms with Gasteiger partial charge in [-0.05, 0) is 32.1 Å². The normalized spacial score (nSPS) is 16.0. The topological polar surface area (TPSA) is 130 Å². The van der Waals surface area contributed by atoms with Crippen LogP contribution in [0, 0.1) is 0 Å². The predicted octanol–water partition coefficient (Wildman–Crippen LogP) is -0.822. The summed E-state index contributed by atoms with van der Waals surface area (Å²) in [5.74, 6) is -2.06. The minimum atomic E-state index is -1.35. The number of aromatic nitrogens is 3. The van der Waals surface area contributed by atoms with Crippen molar-refractivity contribution in [3.63, 3.8) is 0 Å². The van der Waals surface area contributed by atoms with Gasteiger partial charge in [-0.15, -0.1) is 5.10 Å². The fraction of sp³-hybridized carbons (Fsp3) is 0.375. The van der Waals surface area contributed by atoms with Gasteiger partial charge in [0.05, 0.1) is 23.4 Å². The molecule has 0 spiro atoms. The number of carboxylic acids is 1. The molecule has 1 aliphatic heterocycles. The highest BCUT2D eigenvalue weighted by molar-refractivity contribution is 6.47. The van der Waals surface area contributed by atoms with Crippen molar-refractivity contribution >= 4 is 19.0 Å². The fourth-order valence-electron chi connectivity index (χ4n) is 2.93. The van der Waals surface area contributed by atoms with E-state index in [-0.39, 0.29) is 30.2 Å². The number of rotatable bonds is 6. The number of nitrogens with one attached hydrogen (secondary N) is 1. The molecule has 0 fully saturated rings. The number of hydrogen-bond acceptors (Lipinski definition) is 7. The standard InChI is InChI=1S/C16H20BN5O5/c1-21(2)7-11-8-22(20-19-11)9-14(23)18-13-6-10-4-3-5-12(16(24)25)15(10)27-17(13)26/h3-5,8,13,26H,6-7,9H2,1-2H3,(H,18,23)(H,24,25). The Morgan fingerprint density at radius 1 is 1.44 bits per heavy atom. The zero-order chi connectivity index (χ0) is 19.6. The number of benzene rings is 1. The Morgan fingerprint density at radius 3 is 2.93 bits per heavy atom. The molecule has 11 heteroatoms. The van der Waals surface area contributed by atoms with Gasteiger partial charge in [0.15, 0.2) is 0 Å². The highest BCUT2D eigenvalue weighted by Crippen LogP contribution is 2.30. The number of carbonyl (C=O) groups is 2. The van der Waals surface area contributed by atoms with Crippen LogP contribution in [0.1, 0.15) is 21.6 Å². The maximum Gasteiger partial charge on any atom is 0.547 e. The van der Waals surface area contributed by atoms with Crippen LogP contribution < -0.4 is 9.97 Å². The summed E-state index contributed by atoms with van der Waals surface area (Å²) in [5.41, 5.74) is 1.33. The lowest BCUT2D eigenvalue weighted by molar-refractivity contribution is -0.122. The number of carbonyl (C=O) groups excluding carboxylic acids is 1. The molecule has 2 aromatic rings. The smallest absolute Gasteiger partial charge is 0.534 e. The third-order valence-corrected chi connectivity index (χ3v) is 4.07. The van der Waals surface area contributed by atoms with E-state index in [2.05, 4.69) is 15.6 Å². The molecule has 27 heavy (non-hydrogen) atoms. The second-order valence-electron chi connectivity index (χ2n) is 6.63. The molecule has 0 saturated carbocycles. The van der Waals surface area contributed by atoms with Gasteiger partial charge in [0.1, 0.15) is 12.3 Å². The molecule has 1 aliphatic rings. The third kappa shape index (κ3) is 4.44. The van der Waals surface area contributed by atoms with Crippen LogP contribution >= 0.6 is 0 Å². The Balaban J connectivity index is 1.64. The number of amides is 1. The summed E-state index contributed by atoms with van der Waals surface area (Å²) in [6, 6.07) is 4.71. The van der Waals surface area contributed by atoms with Gasteiger partial charge in [-0.2, -0.15) is 0 Å². The predicted molar refractivity (Wildman–Crippen MR) is 95.0 cm³/mol. The first-order valence-corrected chi connectivity index (χ1v) is 8.36. The highest BCUT2D eigenvalue weighted by Gasteiger charge is 2.37. The van der Waals surface area contributed by atoms with E-state index in [1.54, 1.807) is 18.3 Å². The van der Waals surface area contributed by atoms with Crippen LogP contribution in [0.5, 0.6) is 5.75 Å². The molecule has 1 amide bonds. The summed E-state index contributed by atoms with van der Waals surface area (Å²) >= 11 is 0. The molecule has 3 rings (SSSR count). The third-order valence-electron chi connectivity index (χ3n) is 4.07.